The lowest BCUT2D eigenvalue weighted by Gasteiger charge is -2.15. The Bertz CT molecular complexity index is 752. The van der Waals surface area contributed by atoms with Crippen LogP contribution in [0.4, 0.5) is 13.2 Å². The molecule has 1 heterocycles. The van der Waals surface area contributed by atoms with E-state index in [1.54, 1.807) is 6.07 Å². The van der Waals surface area contributed by atoms with Crippen LogP contribution in [-0.2, 0) is 13.2 Å². The van der Waals surface area contributed by atoms with E-state index in [2.05, 4.69) is 5.10 Å². The molecule has 0 saturated carbocycles. The number of rotatable bonds is 2. The Balaban J connectivity index is 2.98. The molecular formula is C13H9F3N2O3. The molecule has 2 rings (SSSR count). The lowest BCUT2D eigenvalue weighted by atomic mass is 9.99. The van der Waals surface area contributed by atoms with Crippen LogP contribution in [0.1, 0.15) is 16.1 Å². The van der Waals surface area contributed by atoms with Crippen LogP contribution >= 0.6 is 0 Å². The maximum atomic E-state index is 13.2. The topological polar surface area (TPSA) is 72.2 Å². The number of aromatic nitrogens is 2. The van der Waals surface area contributed by atoms with Crippen molar-refractivity contribution >= 4 is 5.97 Å². The Morgan fingerprint density at radius 2 is 1.81 bits per heavy atom. The molecular weight excluding hydrogens is 289 g/mol. The second-order valence-electron chi connectivity index (χ2n) is 4.20. The fourth-order valence-corrected chi connectivity index (χ4v) is 1.93. The van der Waals surface area contributed by atoms with E-state index in [9.17, 15) is 22.8 Å². The largest absolute Gasteiger partial charge is 0.476 e. The summed E-state index contributed by atoms with van der Waals surface area (Å²) in [5.41, 5.74) is -4.50. The molecule has 21 heavy (non-hydrogen) atoms. The van der Waals surface area contributed by atoms with Crippen LogP contribution in [-0.4, -0.2) is 20.9 Å². The first-order valence-electron chi connectivity index (χ1n) is 5.70. The number of benzene rings is 1. The molecule has 1 N–H and O–H groups in total. The van der Waals surface area contributed by atoms with Crippen molar-refractivity contribution in [3.8, 4) is 11.1 Å². The van der Waals surface area contributed by atoms with Crippen LogP contribution in [0.15, 0.2) is 35.1 Å². The summed E-state index contributed by atoms with van der Waals surface area (Å²) in [6.45, 7) is 0. The molecule has 5 nitrogen and oxygen atoms in total. The van der Waals surface area contributed by atoms with E-state index in [4.69, 9.17) is 5.11 Å². The van der Waals surface area contributed by atoms with Gasteiger partial charge in [-0.2, -0.15) is 18.3 Å². The highest BCUT2D eigenvalue weighted by Crippen LogP contribution is 2.36. The van der Waals surface area contributed by atoms with Crippen LogP contribution in [0.3, 0.4) is 0 Å². The monoisotopic (exact) mass is 298 g/mol. The molecule has 8 heteroatoms. The summed E-state index contributed by atoms with van der Waals surface area (Å²) in [5, 5.41) is 12.1. The number of halogens is 3. The maximum absolute atomic E-state index is 13.2. The normalized spacial score (nSPS) is 11.4. The molecule has 0 atom stereocenters. The van der Waals surface area contributed by atoms with E-state index in [-0.39, 0.29) is 5.56 Å². The highest BCUT2D eigenvalue weighted by atomic mass is 19.4. The number of carboxylic acids is 1. The van der Waals surface area contributed by atoms with Gasteiger partial charge in [-0.25, -0.2) is 9.48 Å². The Labute approximate surface area is 116 Å². The molecule has 1 aromatic heterocycles. The Hall–Kier alpha value is -2.64. The number of nitrogens with zero attached hydrogens (tertiary/aromatic N) is 2. The number of carbonyl (C=O) groups is 1. The number of aromatic carboxylic acids is 1. The summed E-state index contributed by atoms with van der Waals surface area (Å²) < 4.78 is 40.2. The zero-order valence-electron chi connectivity index (χ0n) is 10.7. The molecule has 0 amide bonds. The van der Waals surface area contributed by atoms with Crippen molar-refractivity contribution in [3.63, 3.8) is 0 Å². The van der Waals surface area contributed by atoms with E-state index in [0.717, 1.165) is 7.05 Å². The van der Waals surface area contributed by atoms with Crippen molar-refractivity contribution in [3.05, 3.63) is 51.9 Å². The quantitative estimate of drug-likeness (QED) is 0.922. The third-order valence-corrected chi connectivity index (χ3v) is 2.79. The van der Waals surface area contributed by atoms with Crippen molar-refractivity contribution in [2.75, 3.05) is 0 Å². The second kappa shape index (κ2) is 5.04. The number of alkyl halides is 3. The van der Waals surface area contributed by atoms with Crippen molar-refractivity contribution in [1.29, 1.82) is 0 Å². The van der Waals surface area contributed by atoms with Gasteiger partial charge >= 0.3 is 12.1 Å². The average Bonchev–Trinajstić information content (AvgIpc) is 2.40. The first-order valence-corrected chi connectivity index (χ1v) is 5.70. The van der Waals surface area contributed by atoms with E-state index < -0.39 is 34.5 Å². The molecule has 2 aromatic rings. The van der Waals surface area contributed by atoms with Gasteiger partial charge in [0.1, 0.15) is 5.56 Å². The van der Waals surface area contributed by atoms with Gasteiger partial charge in [0.25, 0.3) is 5.56 Å². The van der Waals surface area contributed by atoms with Crippen molar-refractivity contribution in [1.82, 2.24) is 9.78 Å². The first-order chi connectivity index (χ1) is 9.73. The fraction of sp³-hybridized carbons (Fsp3) is 0.154. The van der Waals surface area contributed by atoms with Gasteiger partial charge in [-0.15, -0.1) is 0 Å². The van der Waals surface area contributed by atoms with Crippen LogP contribution in [0, 0.1) is 0 Å². The minimum Gasteiger partial charge on any atom is -0.476 e. The lowest BCUT2D eigenvalue weighted by Crippen LogP contribution is -2.30. The average molecular weight is 298 g/mol. The summed E-state index contributed by atoms with van der Waals surface area (Å²) >= 11 is 0. The maximum Gasteiger partial charge on any atom is 0.419 e. The minimum atomic E-state index is -5.01. The summed E-state index contributed by atoms with van der Waals surface area (Å²) in [7, 11) is 1.10. The standard InChI is InChI=1S/C13H9F3N2O3/c1-18-11(19)8(7-5-3-2-4-6-7)9(13(14,15)16)10(17-18)12(20)21/h2-6H,1H3,(H,20,21). The molecule has 0 radical (unpaired) electrons. The van der Waals surface area contributed by atoms with Crippen molar-refractivity contribution in [2.45, 2.75) is 6.18 Å². The van der Waals surface area contributed by atoms with Crippen LogP contribution in [0.5, 0.6) is 0 Å². The highest BCUT2D eigenvalue weighted by Gasteiger charge is 2.41. The molecule has 0 aliphatic rings. The number of carboxylic acid groups (broad SMARTS) is 1. The molecule has 0 saturated heterocycles. The molecule has 1 aromatic carbocycles. The predicted molar refractivity (Wildman–Crippen MR) is 66.9 cm³/mol. The summed E-state index contributed by atoms with van der Waals surface area (Å²) in [6, 6.07) is 7.08. The molecule has 0 aliphatic heterocycles. The summed E-state index contributed by atoms with van der Waals surface area (Å²) in [6.07, 6.45) is -5.01. The van der Waals surface area contributed by atoms with Crippen LogP contribution < -0.4 is 5.56 Å². The van der Waals surface area contributed by atoms with Gasteiger partial charge in [0, 0.05) is 7.05 Å². The SMILES string of the molecule is Cn1nc(C(=O)O)c(C(F)(F)F)c(-c2ccccc2)c1=O. The molecule has 110 valence electrons. The van der Waals surface area contributed by atoms with E-state index in [1.807, 2.05) is 0 Å². The van der Waals surface area contributed by atoms with Crippen LogP contribution in [0.2, 0.25) is 0 Å². The smallest absolute Gasteiger partial charge is 0.419 e. The second-order valence-corrected chi connectivity index (χ2v) is 4.20. The Morgan fingerprint density at radius 3 is 2.29 bits per heavy atom. The van der Waals surface area contributed by atoms with E-state index >= 15 is 0 Å². The number of hydrogen-bond acceptors (Lipinski definition) is 3. The lowest BCUT2D eigenvalue weighted by molar-refractivity contribution is -0.138. The number of aryl methyl sites for hydroxylation is 1. The van der Waals surface area contributed by atoms with E-state index in [1.165, 1.54) is 24.3 Å². The molecule has 0 spiro atoms. The first kappa shape index (κ1) is 14.8. The predicted octanol–water partition coefficient (Wildman–Crippen LogP) is 2.16. The molecule has 0 bridgehead atoms. The van der Waals surface area contributed by atoms with Gasteiger partial charge in [-0.05, 0) is 5.56 Å². The zero-order valence-corrected chi connectivity index (χ0v) is 10.7. The number of hydrogen-bond donors (Lipinski definition) is 1. The fourth-order valence-electron chi connectivity index (χ4n) is 1.93. The highest BCUT2D eigenvalue weighted by molar-refractivity contribution is 5.90. The third kappa shape index (κ3) is 2.64. The van der Waals surface area contributed by atoms with Gasteiger partial charge < -0.3 is 5.11 Å². The third-order valence-electron chi connectivity index (χ3n) is 2.79. The van der Waals surface area contributed by atoms with Crippen LogP contribution in [0.25, 0.3) is 11.1 Å². The zero-order chi connectivity index (χ0) is 15.8. The molecule has 0 aliphatic carbocycles. The van der Waals surface area contributed by atoms with Gasteiger partial charge in [0.2, 0.25) is 0 Å². The Morgan fingerprint density at radius 1 is 1.24 bits per heavy atom. The van der Waals surface area contributed by atoms with Gasteiger partial charge in [-0.3, -0.25) is 4.79 Å². The van der Waals surface area contributed by atoms with E-state index in [0.29, 0.717) is 4.68 Å². The van der Waals surface area contributed by atoms with Gasteiger partial charge in [0.05, 0.1) is 5.56 Å². The Kier molecular flexibility index (Phi) is 3.54. The summed E-state index contributed by atoms with van der Waals surface area (Å²) in [4.78, 5) is 23.1. The molecule has 0 fully saturated rings. The summed E-state index contributed by atoms with van der Waals surface area (Å²) in [5.74, 6) is -1.85. The van der Waals surface area contributed by atoms with Crippen molar-refractivity contribution in [2.24, 2.45) is 7.05 Å². The van der Waals surface area contributed by atoms with Gasteiger partial charge in [-0.1, -0.05) is 30.3 Å². The minimum absolute atomic E-state index is 0.0182. The van der Waals surface area contributed by atoms with Crippen molar-refractivity contribution < 1.29 is 23.1 Å². The molecule has 0 unspecified atom stereocenters. The van der Waals surface area contributed by atoms with Gasteiger partial charge in [0.15, 0.2) is 5.69 Å².